The zero-order valence-electron chi connectivity index (χ0n) is 11.0. The van der Waals surface area contributed by atoms with Crippen molar-refractivity contribution in [2.45, 2.75) is 41.0 Å². The first-order valence-corrected chi connectivity index (χ1v) is 5.74. The fourth-order valence-electron chi connectivity index (χ4n) is 1.36. The molecule has 0 bridgehead atoms. The van der Waals surface area contributed by atoms with Gasteiger partial charge in [0.15, 0.2) is 5.81 Å². The quantitative estimate of drug-likeness (QED) is 0.557. The van der Waals surface area contributed by atoms with E-state index in [1.807, 2.05) is 25.2 Å². The number of hydrogen-bond donors (Lipinski definition) is 1. The zero-order chi connectivity index (χ0) is 12.8. The summed E-state index contributed by atoms with van der Waals surface area (Å²) in [5.41, 5.74) is 1.01. The van der Waals surface area contributed by atoms with Gasteiger partial charge >= 0.3 is 0 Å². The Hall–Kier alpha value is -0.985. The minimum absolute atomic E-state index is 0.135. The Balaban J connectivity index is 4.96. The topological polar surface area (TPSA) is 29.1 Å². The van der Waals surface area contributed by atoms with E-state index in [-0.39, 0.29) is 11.3 Å². The average molecular weight is 219 g/mol. The number of nitrogens with one attached hydrogen (secondary N) is 1. The summed E-state index contributed by atoms with van der Waals surface area (Å²) in [5.74, 6) is -0.254. The lowest BCUT2D eigenvalue weighted by Crippen LogP contribution is -2.32. The molecule has 0 rings (SSSR count). The van der Waals surface area contributed by atoms with Crippen LogP contribution in [0.3, 0.4) is 0 Å². The van der Waals surface area contributed by atoms with Crippen molar-refractivity contribution in [3.63, 3.8) is 0 Å². The van der Waals surface area contributed by atoms with Crippen LogP contribution in [-0.4, -0.2) is 13.7 Å². The van der Waals surface area contributed by atoms with E-state index < -0.39 is 5.81 Å². The Morgan fingerprint density at radius 2 is 2.06 bits per heavy atom. The van der Waals surface area contributed by atoms with Gasteiger partial charge in [-0.2, -0.15) is 0 Å². The molecule has 0 aromatic carbocycles. The van der Waals surface area contributed by atoms with Crippen molar-refractivity contribution in [2.24, 2.45) is 11.3 Å². The van der Waals surface area contributed by atoms with Crippen molar-refractivity contribution >= 4 is 13.7 Å². The smallest absolute Gasteiger partial charge is 0.200 e. The highest BCUT2D eigenvalue weighted by Gasteiger charge is 2.26. The van der Waals surface area contributed by atoms with Gasteiger partial charge < -0.3 is 5.32 Å². The second-order valence-electron chi connectivity index (χ2n) is 4.70. The van der Waals surface area contributed by atoms with Gasteiger partial charge in [-0.25, -0.2) is 0 Å². The van der Waals surface area contributed by atoms with Crippen LogP contribution in [-0.2, 0) is 0 Å². The van der Waals surface area contributed by atoms with Crippen LogP contribution in [0.5, 0.6) is 0 Å². The molecule has 16 heavy (non-hydrogen) atoms. The molecule has 3 heteroatoms. The molecule has 0 aliphatic carbocycles. The van der Waals surface area contributed by atoms with E-state index in [1.54, 1.807) is 0 Å². The standard InChI is InChI=1S/C13H22BNO/c1-6-8-9-11(15-12(14)16)10(3)13(4,5)7-2/h6,8-10H,7H2,1-5H3,(H,15,16)/b8-6-,11-9+. The molecule has 0 aliphatic rings. The summed E-state index contributed by atoms with van der Waals surface area (Å²) >= 11 is 0. The van der Waals surface area contributed by atoms with Crippen LogP contribution in [0.2, 0.25) is 0 Å². The Bertz CT molecular complexity index is 292. The van der Waals surface area contributed by atoms with E-state index >= 15 is 0 Å². The van der Waals surface area contributed by atoms with Crippen LogP contribution in [0.4, 0.5) is 4.79 Å². The maximum absolute atomic E-state index is 10.9. The first-order valence-electron chi connectivity index (χ1n) is 5.74. The molecule has 1 N–H and O–H groups in total. The summed E-state index contributed by atoms with van der Waals surface area (Å²) in [6, 6.07) is 0. The summed E-state index contributed by atoms with van der Waals surface area (Å²) in [4.78, 5) is 10.9. The van der Waals surface area contributed by atoms with Gasteiger partial charge in [0.25, 0.3) is 0 Å². The molecule has 88 valence electrons. The fourth-order valence-corrected chi connectivity index (χ4v) is 1.36. The van der Waals surface area contributed by atoms with Gasteiger partial charge in [0.05, 0.1) is 0 Å². The molecule has 0 aromatic rings. The Labute approximate surface area is 101 Å². The van der Waals surface area contributed by atoms with Crippen molar-refractivity contribution in [1.29, 1.82) is 0 Å². The molecule has 1 amide bonds. The number of amides is 1. The summed E-state index contributed by atoms with van der Waals surface area (Å²) in [7, 11) is 5.17. The molecule has 0 saturated heterocycles. The molecule has 0 spiro atoms. The van der Waals surface area contributed by atoms with Crippen LogP contribution in [0.25, 0.3) is 0 Å². The van der Waals surface area contributed by atoms with Gasteiger partial charge in [-0.1, -0.05) is 46.3 Å². The molecule has 1 unspecified atom stereocenters. The summed E-state index contributed by atoms with van der Waals surface area (Å²) in [6.07, 6.45) is 6.79. The third-order valence-corrected chi connectivity index (χ3v) is 3.29. The molecule has 2 radical (unpaired) electrons. The minimum Gasteiger partial charge on any atom is -0.339 e. The van der Waals surface area contributed by atoms with Crippen molar-refractivity contribution in [3.8, 4) is 0 Å². The summed E-state index contributed by atoms with van der Waals surface area (Å²) in [6.45, 7) is 10.6. The number of allylic oxidation sites excluding steroid dienone is 4. The highest BCUT2D eigenvalue weighted by atomic mass is 16.1. The first kappa shape index (κ1) is 15.0. The van der Waals surface area contributed by atoms with Crippen molar-refractivity contribution in [2.75, 3.05) is 0 Å². The van der Waals surface area contributed by atoms with E-state index in [1.165, 1.54) is 0 Å². The van der Waals surface area contributed by atoms with Crippen LogP contribution in [0.15, 0.2) is 23.9 Å². The number of carbonyl (C=O) groups excluding carboxylic acids is 1. The summed E-state index contributed by atoms with van der Waals surface area (Å²) < 4.78 is 0. The highest BCUT2D eigenvalue weighted by molar-refractivity contribution is 6.57. The van der Waals surface area contributed by atoms with E-state index in [4.69, 9.17) is 7.85 Å². The number of rotatable bonds is 5. The van der Waals surface area contributed by atoms with Crippen LogP contribution >= 0.6 is 0 Å². The van der Waals surface area contributed by atoms with Crippen molar-refractivity contribution < 1.29 is 4.79 Å². The predicted molar refractivity (Wildman–Crippen MR) is 70.4 cm³/mol. The molecule has 0 aromatic heterocycles. The molecule has 0 aliphatic heterocycles. The van der Waals surface area contributed by atoms with Gasteiger partial charge in [0.1, 0.15) is 0 Å². The lowest BCUT2D eigenvalue weighted by molar-refractivity contribution is 0.239. The second kappa shape index (κ2) is 6.57. The molecule has 1 atom stereocenters. The molecule has 0 saturated carbocycles. The van der Waals surface area contributed by atoms with Crippen LogP contribution in [0.1, 0.15) is 41.0 Å². The monoisotopic (exact) mass is 219 g/mol. The third kappa shape index (κ3) is 4.69. The highest BCUT2D eigenvalue weighted by Crippen LogP contribution is 2.34. The molecule has 0 fully saturated rings. The van der Waals surface area contributed by atoms with E-state index in [2.05, 4.69) is 33.0 Å². The van der Waals surface area contributed by atoms with Gasteiger partial charge in [-0.05, 0) is 18.4 Å². The minimum atomic E-state index is -0.505. The van der Waals surface area contributed by atoms with Crippen LogP contribution in [0, 0.1) is 11.3 Å². The lowest BCUT2D eigenvalue weighted by Gasteiger charge is -2.32. The predicted octanol–water partition coefficient (Wildman–Crippen LogP) is 3.40. The maximum Gasteiger partial charge on any atom is 0.200 e. The van der Waals surface area contributed by atoms with Gasteiger partial charge in [-0.3, -0.25) is 4.79 Å². The first-order chi connectivity index (χ1) is 7.35. The Morgan fingerprint density at radius 1 is 1.50 bits per heavy atom. The van der Waals surface area contributed by atoms with Crippen molar-refractivity contribution in [3.05, 3.63) is 23.9 Å². The van der Waals surface area contributed by atoms with Crippen LogP contribution < -0.4 is 5.32 Å². The van der Waals surface area contributed by atoms with E-state index in [9.17, 15) is 4.79 Å². The van der Waals surface area contributed by atoms with Crippen molar-refractivity contribution in [1.82, 2.24) is 5.32 Å². The number of carbonyl (C=O) groups is 1. The Kier molecular flexibility index (Phi) is 6.16. The summed E-state index contributed by atoms with van der Waals surface area (Å²) in [5, 5.41) is 2.70. The SMILES string of the molecule is [B]C(=O)N/C(=C/C=C\C)C(C)C(C)(C)CC. The maximum atomic E-state index is 10.9. The van der Waals surface area contributed by atoms with Gasteiger partial charge in [0, 0.05) is 11.6 Å². The molecule has 0 heterocycles. The normalized spacial score (nSPS) is 15.2. The largest absolute Gasteiger partial charge is 0.339 e. The second-order valence-corrected chi connectivity index (χ2v) is 4.70. The Morgan fingerprint density at radius 3 is 2.44 bits per heavy atom. The third-order valence-electron chi connectivity index (χ3n) is 3.29. The molecular weight excluding hydrogens is 197 g/mol. The average Bonchev–Trinajstić information content (AvgIpc) is 2.22. The molecule has 2 nitrogen and oxygen atoms in total. The van der Waals surface area contributed by atoms with Gasteiger partial charge in [0.2, 0.25) is 7.85 Å². The fraction of sp³-hybridized carbons (Fsp3) is 0.615. The van der Waals surface area contributed by atoms with E-state index in [0.717, 1.165) is 12.1 Å². The van der Waals surface area contributed by atoms with E-state index in [0.29, 0.717) is 0 Å². The zero-order valence-corrected chi connectivity index (χ0v) is 11.0. The molecular formula is C13H22BNO. The lowest BCUT2D eigenvalue weighted by atomic mass is 9.76. The number of hydrogen-bond acceptors (Lipinski definition) is 1. The van der Waals surface area contributed by atoms with Gasteiger partial charge in [-0.15, -0.1) is 0 Å².